The van der Waals surface area contributed by atoms with Gasteiger partial charge in [0, 0.05) is 42.3 Å². The van der Waals surface area contributed by atoms with Crippen LogP contribution in [0.1, 0.15) is 27.2 Å². The Morgan fingerprint density at radius 1 is 1.09 bits per heavy atom. The maximum Gasteiger partial charge on any atom is 0.255 e. The van der Waals surface area contributed by atoms with E-state index in [0.717, 1.165) is 0 Å². The Morgan fingerprint density at radius 2 is 1.88 bits per heavy atom. The van der Waals surface area contributed by atoms with Crippen LogP contribution < -0.4 is 0 Å². The van der Waals surface area contributed by atoms with Crippen molar-refractivity contribution in [3.63, 3.8) is 0 Å². The zero-order chi connectivity index (χ0) is 22.8. The maximum atomic E-state index is 15.4. The second-order valence-electron chi connectivity index (χ2n) is 8.76. The molecular formula is C23H20B2F2N4O. The molecule has 32 heavy (non-hydrogen) atoms. The minimum absolute atomic E-state index is 0.131. The second-order valence-corrected chi connectivity index (χ2v) is 8.76. The number of aromatic nitrogens is 3. The quantitative estimate of drug-likeness (QED) is 0.471. The van der Waals surface area contributed by atoms with Gasteiger partial charge in [0.15, 0.2) is 5.82 Å². The van der Waals surface area contributed by atoms with Gasteiger partial charge in [-0.25, -0.2) is 8.78 Å². The molecule has 5 rings (SSSR count). The predicted octanol–water partition coefficient (Wildman–Crippen LogP) is 2.25. The highest BCUT2D eigenvalue weighted by atomic mass is 19.1. The van der Waals surface area contributed by atoms with Crippen molar-refractivity contribution in [3.8, 4) is 11.1 Å². The SMILES string of the molecule is BC1(B)c2ncccc2C(=O)N1Cc1c(C)cc(-c2ccc(F)c3nn(C)cc23)cc1F. The van der Waals surface area contributed by atoms with Crippen LogP contribution in [-0.4, -0.2) is 41.3 Å². The molecule has 3 heterocycles. The minimum atomic E-state index is -0.649. The Bertz CT molecular complexity index is 1390. The summed E-state index contributed by atoms with van der Waals surface area (Å²) in [7, 11) is 5.56. The van der Waals surface area contributed by atoms with E-state index in [1.807, 2.05) is 28.7 Å². The van der Waals surface area contributed by atoms with E-state index in [4.69, 9.17) is 0 Å². The molecule has 158 valence electrons. The largest absolute Gasteiger partial charge is 0.339 e. The predicted molar refractivity (Wildman–Crippen MR) is 124 cm³/mol. The number of hydrogen-bond donors (Lipinski definition) is 0. The van der Waals surface area contributed by atoms with Gasteiger partial charge in [-0.2, -0.15) is 5.10 Å². The molecule has 1 aliphatic heterocycles. The van der Waals surface area contributed by atoms with E-state index >= 15 is 4.39 Å². The number of aryl methyl sites for hydroxylation is 2. The molecule has 0 saturated heterocycles. The minimum Gasteiger partial charge on any atom is -0.339 e. The third-order valence-corrected chi connectivity index (χ3v) is 6.32. The van der Waals surface area contributed by atoms with Gasteiger partial charge in [-0.1, -0.05) is 12.1 Å². The van der Waals surface area contributed by atoms with E-state index in [1.54, 1.807) is 47.2 Å². The van der Waals surface area contributed by atoms with Crippen molar-refractivity contribution in [2.75, 3.05) is 0 Å². The first kappa shape index (κ1) is 20.4. The van der Waals surface area contributed by atoms with Gasteiger partial charge in [-0.05, 0) is 47.9 Å². The fraction of sp³-hybridized carbons (Fsp3) is 0.174. The number of halogens is 2. The van der Waals surface area contributed by atoms with Crippen LogP contribution in [0.3, 0.4) is 0 Å². The molecule has 2 aromatic carbocycles. The van der Waals surface area contributed by atoms with Crippen molar-refractivity contribution in [2.45, 2.75) is 18.8 Å². The molecule has 2 aromatic heterocycles. The summed E-state index contributed by atoms with van der Waals surface area (Å²) in [6.45, 7) is 1.96. The summed E-state index contributed by atoms with van der Waals surface area (Å²) in [6, 6.07) is 9.80. The fourth-order valence-electron chi connectivity index (χ4n) is 4.59. The zero-order valence-electron chi connectivity index (χ0n) is 18.3. The van der Waals surface area contributed by atoms with Gasteiger partial charge in [0.2, 0.25) is 0 Å². The van der Waals surface area contributed by atoms with Crippen LogP contribution in [0.2, 0.25) is 0 Å². The number of hydrogen-bond acceptors (Lipinski definition) is 3. The second kappa shape index (κ2) is 7.02. The number of amides is 1. The van der Waals surface area contributed by atoms with Crippen molar-refractivity contribution in [1.82, 2.24) is 19.7 Å². The third kappa shape index (κ3) is 2.95. The maximum absolute atomic E-state index is 15.4. The standard InChI is InChI=1S/C23H20B2F2N4O/c1-12-8-13(14-5-6-18(26)20-17(14)10-30(2)29-20)9-19(27)16(12)11-31-22(32)15-4-3-7-28-21(15)23(31,24)25/h3-10H,11,24-25H2,1-2H3. The highest BCUT2D eigenvalue weighted by Crippen LogP contribution is 2.36. The molecule has 0 radical (unpaired) electrons. The summed E-state index contributed by atoms with van der Waals surface area (Å²) in [5.74, 6) is -0.980. The molecular weight excluding hydrogens is 408 g/mol. The molecule has 0 bridgehead atoms. The molecule has 0 unspecified atom stereocenters. The van der Waals surface area contributed by atoms with Crippen LogP contribution in [0.4, 0.5) is 8.78 Å². The Kier molecular flexibility index (Phi) is 4.48. The average Bonchev–Trinajstić information content (AvgIpc) is 3.22. The van der Waals surface area contributed by atoms with Gasteiger partial charge in [0.25, 0.3) is 5.91 Å². The zero-order valence-corrected chi connectivity index (χ0v) is 18.3. The smallest absolute Gasteiger partial charge is 0.255 e. The normalized spacial score (nSPS) is 14.9. The molecule has 0 fully saturated rings. The molecule has 4 aromatic rings. The van der Waals surface area contributed by atoms with Gasteiger partial charge < -0.3 is 4.90 Å². The molecule has 5 nitrogen and oxygen atoms in total. The summed E-state index contributed by atoms with van der Waals surface area (Å²) < 4.78 is 31.1. The lowest BCUT2D eigenvalue weighted by molar-refractivity contribution is 0.0729. The molecule has 0 atom stereocenters. The van der Waals surface area contributed by atoms with E-state index < -0.39 is 17.0 Å². The van der Waals surface area contributed by atoms with Crippen LogP contribution in [0.15, 0.2) is 48.8 Å². The number of carbonyl (C=O) groups excluding carboxylic acids is 1. The molecule has 0 N–H and O–H groups in total. The van der Waals surface area contributed by atoms with Crippen molar-refractivity contribution >= 4 is 32.5 Å². The number of carbonyl (C=O) groups is 1. The molecule has 0 spiro atoms. The summed E-state index contributed by atoms with van der Waals surface area (Å²) in [6.07, 6.45) is 3.39. The molecule has 9 heteroatoms. The van der Waals surface area contributed by atoms with Crippen LogP contribution in [0.5, 0.6) is 0 Å². The van der Waals surface area contributed by atoms with Gasteiger partial charge in [-0.15, -0.1) is 0 Å². The lowest BCUT2D eigenvalue weighted by atomic mass is 9.59. The van der Waals surface area contributed by atoms with Gasteiger partial charge in [-0.3, -0.25) is 14.5 Å². The van der Waals surface area contributed by atoms with E-state index in [1.165, 1.54) is 12.1 Å². The Balaban J connectivity index is 1.55. The molecule has 0 aliphatic carbocycles. The van der Waals surface area contributed by atoms with Crippen molar-refractivity contribution < 1.29 is 13.6 Å². The average molecular weight is 428 g/mol. The lowest BCUT2D eigenvalue weighted by Gasteiger charge is -2.33. The van der Waals surface area contributed by atoms with Crippen LogP contribution in [-0.2, 0) is 18.9 Å². The monoisotopic (exact) mass is 428 g/mol. The van der Waals surface area contributed by atoms with Gasteiger partial charge in [0.05, 0.1) is 11.3 Å². The van der Waals surface area contributed by atoms with Gasteiger partial charge in [0.1, 0.15) is 27.0 Å². The summed E-state index contributed by atoms with van der Waals surface area (Å²) in [4.78, 5) is 19.1. The summed E-state index contributed by atoms with van der Waals surface area (Å²) in [5.41, 5.74) is 4.02. The summed E-state index contributed by atoms with van der Waals surface area (Å²) >= 11 is 0. The van der Waals surface area contributed by atoms with E-state index in [-0.39, 0.29) is 18.0 Å². The highest BCUT2D eigenvalue weighted by Gasteiger charge is 2.43. The first-order valence-corrected chi connectivity index (χ1v) is 10.4. The van der Waals surface area contributed by atoms with Crippen LogP contribution >= 0.6 is 0 Å². The van der Waals surface area contributed by atoms with Crippen molar-refractivity contribution in [3.05, 3.63) is 82.8 Å². The van der Waals surface area contributed by atoms with E-state index in [9.17, 15) is 9.18 Å². The summed E-state index contributed by atoms with van der Waals surface area (Å²) in [5, 5.41) is 4.14. The number of nitrogens with zero attached hydrogens (tertiary/aromatic N) is 4. The Labute approximate surface area is 185 Å². The van der Waals surface area contributed by atoms with Gasteiger partial charge >= 0.3 is 0 Å². The first-order valence-electron chi connectivity index (χ1n) is 10.4. The number of pyridine rings is 1. The number of fused-ring (bicyclic) bond motifs is 2. The van der Waals surface area contributed by atoms with Crippen molar-refractivity contribution in [1.29, 1.82) is 0 Å². The number of rotatable bonds is 3. The fourth-order valence-corrected chi connectivity index (χ4v) is 4.59. The Morgan fingerprint density at radius 3 is 2.59 bits per heavy atom. The van der Waals surface area contributed by atoms with Crippen molar-refractivity contribution in [2.24, 2.45) is 7.05 Å². The molecule has 1 aliphatic rings. The van der Waals surface area contributed by atoms with Crippen LogP contribution in [0.25, 0.3) is 22.0 Å². The molecule has 0 saturated carbocycles. The van der Waals surface area contributed by atoms with E-state index in [0.29, 0.717) is 38.9 Å². The first-order chi connectivity index (χ1) is 15.2. The lowest BCUT2D eigenvalue weighted by Crippen LogP contribution is -2.45. The third-order valence-electron chi connectivity index (χ3n) is 6.32. The highest BCUT2D eigenvalue weighted by molar-refractivity contribution is 6.42. The molecule has 1 amide bonds. The number of benzene rings is 2. The van der Waals surface area contributed by atoms with E-state index in [2.05, 4.69) is 10.1 Å². The Hall–Kier alpha value is -3.48. The topological polar surface area (TPSA) is 51.0 Å². The van der Waals surface area contributed by atoms with Crippen LogP contribution in [0, 0.1) is 18.6 Å².